The summed E-state index contributed by atoms with van der Waals surface area (Å²) in [7, 11) is 0. The molecule has 21 rings (SSSR count). The summed E-state index contributed by atoms with van der Waals surface area (Å²) in [6, 6.07) is 159. The van der Waals surface area contributed by atoms with Gasteiger partial charge in [0.2, 0.25) is 0 Å². The van der Waals surface area contributed by atoms with Crippen LogP contribution in [0.4, 0.5) is 0 Å². The lowest BCUT2D eigenvalue weighted by atomic mass is 9.67. The Labute approximate surface area is 890 Å². The molecule has 1 nitrogen and oxygen atoms in total. The maximum absolute atomic E-state index is 5.82. The van der Waals surface area contributed by atoms with Gasteiger partial charge in [-0.3, -0.25) is 0 Å². The topological polar surface area (TPSA) is 9.23 Å². The molecule has 0 atom stereocenters. The summed E-state index contributed by atoms with van der Waals surface area (Å²) in [6.07, 6.45) is 1.03. The fourth-order valence-electron chi connectivity index (χ4n) is 18.6. The summed E-state index contributed by atoms with van der Waals surface area (Å²) in [5.74, 6) is 1.81. The Hall–Kier alpha value is -15.5. The Morgan fingerprint density at radius 3 is 0.845 bits per heavy atom. The second-order valence-electron chi connectivity index (χ2n) is 39.7. The molecule has 20 aromatic rings. The van der Waals surface area contributed by atoms with Gasteiger partial charge in [-0.1, -0.05) is 552 Å². The maximum Gasteiger partial charge on any atom is 0.130 e. The van der Waals surface area contributed by atoms with Crippen LogP contribution in [0, 0.1) is 159 Å². The second kappa shape index (κ2) is 55.7. The normalized spacial score (nSPS) is 10.8. The monoisotopic (exact) mass is 1940 g/mol. The minimum Gasteiger partial charge on any atom is -0.457 e. The van der Waals surface area contributed by atoms with Crippen molar-refractivity contribution >= 4 is 10.8 Å². The molecule has 0 radical (unpaired) electrons. The molecule has 0 N–H and O–H groups in total. The number of benzene rings is 20. The van der Waals surface area contributed by atoms with Gasteiger partial charge in [0.05, 0.1) is 5.41 Å². The minimum atomic E-state index is -0.269. The van der Waals surface area contributed by atoms with Gasteiger partial charge >= 0.3 is 0 Å². The largest absolute Gasteiger partial charge is 0.457 e. The van der Waals surface area contributed by atoms with E-state index in [1.54, 1.807) is 0 Å². The highest BCUT2D eigenvalue weighted by atomic mass is 16.5. The Balaban J connectivity index is 0.000000160. The summed E-state index contributed by atoms with van der Waals surface area (Å²) in [5.41, 5.74) is 53.8. The average Bonchev–Trinajstić information content (AvgIpc) is 1.54. The highest BCUT2D eigenvalue weighted by Crippen LogP contribution is 2.56. The third-order valence-corrected chi connectivity index (χ3v) is 26.7. The average molecular weight is 1940 g/mol. The molecule has 0 unspecified atom stereocenters. The second-order valence-corrected chi connectivity index (χ2v) is 39.7. The molecule has 0 aromatic heterocycles. The van der Waals surface area contributed by atoms with Gasteiger partial charge in [0.1, 0.15) is 11.5 Å². The van der Waals surface area contributed by atoms with E-state index < -0.39 is 0 Å². The molecule has 1 heteroatoms. The van der Waals surface area contributed by atoms with Gasteiger partial charge < -0.3 is 4.74 Å². The Morgan fingerprint density at radius 2 is 0.453 bits per heavy atom. The zero-order valence-corrected chi connectivity index (χ0v) is 93.3. The van der Waals surface area contributed by atoms with E-state index in [1.165, 1.54) is 239 Å². The van der Waals surface area contributed by atoms with Crippen molar-refractivity contribution < 1.29 is 4.74 Å². The van der Waals surface area contributed by atoms with Crippen LogP contribution in [0.5, 0.6) is 11.5 Å². The van der Waals surface area contributed by atoms with Crippen molar-refractivity contribution in [2.24, 2.45) is 0 Å². The molecule has 0 heterocycles. The van der Waals surface area contributed by atoms with E-state index in [9.17, 15) is 0 Å². The van der Waals surface area contributed by atoms with Crippen molar-refractivity contribution in [1.29, 1.82) is 0 Å². The summed E-state index contributed by atoms with van der Waals surface area (Å²) in [6.45, 7) is 56.9. The van der Waals surface area contributed by atoms with Crippen molar-refractivity contribution in [1.82, 2.24) is 0 Å². The van der Waals surface area contributed by atoms with Gasteiger partial charge in [0, 0.05) is 0 Å². The van der Waals surface area contributed by atoms with Crippen LogP contribution in [0.3, 0.4) is 0 Å². The zero-order valence-electron chi connectivity index (χ0n) is 93.3. The highest BCUT2D eigenvalue weighted by Gasteiger charge is 2.46. The van der Waals surface area contributed by atoms with Crippen LogP contribution in [0.1, 0.15) is 189 Å². The summed E-state index contributed by atoms with van der Waals surface area (Å²) in [5, 5.41) is 2.64. The number of rotatable bonds is 11. The predicted octanol–water partition coefficient (Wildman–Crippen LogP) is 41.6. The number of fused-ring (bicyclic) bond motifs is 4. The van der Waals surface area contributed by atoms with Crippen molar-refractivity contribution in [3.8, 4) is 78.3 Å². The Kier molecular flexibility index (Phi) is 42.4. The fourth-order valence-corrected chi connectivity index (χ4v) is 18.6. The van der Waals surface area contributed by atoms with E-state index in [0.29, 0.717) is 0 Å². The molecule has 1 aliphatic carbocycles. The van der Waals surface area contributed by atoms with Gasteiger partial charge in [-0.05, 0) is 323 Å². The lowest BCUT2D eigenvalue weighted by molar-refractivity contribution is 0.478. The number of hydrogen-bond acceptors (Lipinski definition) is 1. The fraction of sp³-hybridized carbons (Fsp3) is 0.197. The molecule has 1 aliphatic rings. The van der Waals surface area contributed by atoms with Crippen molar-refractivity contribution in [3.05, 3.63) is 604 Å². The molecule has 0 spiro atoms. The van der Waals surface area contributed by atoms with Gasteiger partial charge in [-0.15, -0.1) is 0 Å². The van der Waals surface area contributed by atoms with Crippen LogP contribution in [0.2, 0.25) is 0 Å². The molecule has 0 saturated carbocycles. The molecule has 0 aliphatic heterocycles. The van der Waals surface area contributed by atoms with Crippen LogP contribution in [0.25, 0.3) is 77.5 Å². The molecule has 0 bridgehead atoms. The van der Waals surface area contributed by atoms with Gasteiger partial charge in [0.15, 0.2) is 0 Å². The van der Waals surface area contributed by atoms with Crippen molar-refractivity contribution in [2.75, 3.05) is 0 Å². The van der Waals surface area contributed by atoms with Crippen LogP contribution >= 0.6 is 0 Å². The third kappa shape index (κ3) is 32.2. The smallest absolute Gasteiger partial charge is 0.130 e. The summed E-state index contributed by atoms with van der Waals surface area (Å²) in [4.78, 5) is 0. The van der Waals surface area contributed by atoms with Crippen molar-refractivity contribution in [2.45, 2.75) is 199 Å². The molecule has 0 fully saturated rings. The van der Waals surface area contributed by atoms with E-state index in [1.807, 2.05) is 45.9 Å². The molecule has 0 amide bonds. The first-order valence-corrected chi connectivity index (χ1v) is 52.7. The quantitative estimate of drug-likeness (QED) is 0.125. The lowest BCUT2D eigenvalue weighted by Gasteiger charge is -2.34. The molecule has 750 valence electrons. The zero-order chi connectivity index (χ0) is 107. The predicted molar refractivity (Wildman–Crippen MR) is 647 cm³/mol. The van der Waals surface area contributed by atoms with Crippen LogP contribution in [-0.2, 0) is 11.8 Å². The van der Waals surface area contributed by atoms with E-state index in [2.05, 4.69) is 584 Å². The van der Waals surface area contributed by atoms with Crippen LogP contribution in [0.15, 0.2) is 443 Å². The van der Waals surface area contributed by atoms with Crippen LogP contribution in [-0.4, -0.2) is 0 Å². The third-order valence-electron chi connectivity index (χ3n) is 26.7. The van der Waals surface area contributed by atoms with E-state index in [4.69, 9.17) is 4.74 Å². The van der Waals surface area contributed by atoms with Gasteiger partial charge in [-0.25, -0.2) is 0 Å². The maximum atomic E-state index is 5.82. The van der Waals surface area contributed by atoms with Crippen LogP contribution < -0.4 is 4.74 Å². The van der Waals surface area contributed by atoms with E-state index in [0.717, 1.165) is 17.9 Å². The Bertz CT molecular complexity index is 7270. The summed E-state index contributed by atoms with van der Waals surface area (Å²) < 4.78 is 5.82. The standard InChI is InChI=1S/C27H22.C21H20.C20H18.C16H18.C15H16O.C15H16.C11H10.2C9H12.2C2H6/c1-19-11-15-21(16-12-19)27(22-17-13-20(2)14-18-22)25-9-5-3-7-23(25)24-8-4-6-10-26(24)27;1-15-4-9-18(10-5-15)20-13-8-17(3)14-21(20)19-11-6-16(2)7-12-19;1-15-7-11-17(12-8-15)19-5-3-4-6-20(19)18-13-9-16(2)10-14-18;1-12-4-7-15(8-5-12)11-16-9-6-13(2)10-14(16)3;1-11-4-7-14(8-5-11)16-15-9-6-12(2)10-13(15)3;1-11-4-7-14(8-5-11)15-9-6-12(2)10-13(15)3;1-9-6-7-10-4-2-3-5-11(10)8-9;1-7-4-8(2)6-9(3)5-7;1-7-4-5-8(2)9(3)6-7;2*1-2/h3-18H,1-2H3;4-14H,1-3H3;3-14H,1-2H3;4-10H,11H2,1-3H3;4-10H,1-3H3;4-10H,1-3H3;2-8H,1H3;2*4-6H,1-3H3;2*1-2H3. The van der Waals surface area contributed by atoms with E-state index in [-0.39, 0.29) is 5.41 Å². The minimum absolute atomic E-state index is 0.269. The summed E-state index contributed by atoms with van der Waals surface area (Å²) >= 11 is 0. The molecular weight excluding hydrogens is 1780 g/mol. The molecule has 20 aromatic carbocycles. The van der Waals surface area contributed by atoms with Crippen molar-refractivity contribution in [3.63, 3.8) is 0 Å². The van der Waals surface area contributed by atoms with Gasteiger partial charge in [0.25, 0.3) is 0 Å². The first-order valence-electron chi connectivity index (χ1n) is 52.7. The number of aryl methyl sites for hydroxylation is 23. The lowest BCUT2D eigenvalue weighted by Crippen LogP contribution is -2.28. The van der Waals surface area contributed by atoms with E-state index >= 15 is 0 Å². The Morgan fingerprint density at radius 1 is 0.169 bits per heavy atom. The first kappa shape index (κ1) is 113. The first-order chi connectivity index (χ1) is 71.3. The SMILES string of the molecule is CC.CC.Cc1cc(C)cc(C)c1.Cc1ccc(-c2ccc(C)cc2-c2ccc(C)cc2)cc1.Cc1ccc(-c2ccc(C)cc2C)cc1.Cc1ccc(-c2ccccc2-c2ccc(C)cc2)cc1.Cc1ccc(C)c(C)c1.Cc1ccc(C2(c3ccc(C)cc3)c3ccccc3-c3ccccc32)cc1.Cc1ccc(Cc2ccc(C)cc2C)cc1.Cc1ccc(Oc2ccc(C)cc2C)cc1.Cc1ccc2ccccc2c1. The molecule has 0 saturated heterocycles. The number of ether oxygens (including phenoxy) is 1. The molecular formula is C147H156O. The molecule has 148 heavy (non-hydrogen) atoms. The highest BCUT2D eigenvalue weighted by molar-refractivity contribution is 5.88. The number of hydrogen-bond donors (Lipinski definition) is 0. The van der Waals surface area contributed by atoms with Gasteiger partial charge in [-0.2, -0.15) is 0 Å².